The van der Waals surface area contributed by atoms with E-state index in [1.807, 2.05) is 12.1 Å². The van der Waals surface area contributed by atoms with Crippen molar-refractivity contribution >= 4 is 48.5 Å². The average molecular weight is 404 g/mol. The van der Waals surface area contributed by atoms with Gasteiger partial charge < -0.3 is 0 Å². The SMILES string of the molecule is O=S(=O)(NC1CCCCC1)c1cnc2cc(Br)ccc2c1Cl. The van der Waals surface area contributed by atoms with Gasteiger partial charge in [0, 0.05) is 22.1 Å². The zero-order valence-corrected chi connectivity index (χ0v) is 15.0. The Hall–Kier alpha value is -0.690. The maximum absolute atomic E-state index is 12.6. The second-order valence-electron chi connectivity index (χ2n) is 5.55. The molecule has 0 unspecified atom stereocenters. The van der Waals surface area contributed by atoms with Crippen LogP contribution in [-0.4, -0.2) is 19.4 Å². The molecule has 1 heterocycles. The van der Waals surface area contributed by atoms with E-state index in [0.29, 0.717) is 10.9 Å². The number of halogens is 2. The Morgan fingerprint density at radius 2 is 1.95 bits per heavy atom. The zero-order valence-electron chi connectivity index (χ0n) is 11.9. The lowest BCUT2D eigenvalue weighted by molar-refractivity contribution is 0.412. The van der Waals surface area contributed by atoms with Gasteiger partial charge in [0.05, 0.1) is 10.5 Å². The minimum Gasteiger partial charge on any atom is -0.255 e. The molecule has 0 atom stereocenters. The molecule has 1 saturated carbocycles. The van der Waals surface area contributed by atoms with Gasteiger partial charge in [-0.3, -0.25) is 4.98 Å². The minimum atomic E-state index is -3.65. The second kappa shape index (κ2) is 6.43. The lowest BCUT2D eigenvalue weighted by Crippen LogP contribution is -2.36. The number of nitrogens with one attached hydrogen (secondary N) is 1. The molecule has 7 heteroatoms. The summed E-state index contributed by atoms with van der Waals surface area (Å²) in [5.74, 6) is 0. The molecule has 2 aromatic rings. The molecule has 3 rings (SSSR count). The van der Waals surface area contributed by atoms with Gasteiger partial charge in [0.15, 0.2) is 0 Å². The molecule has 4 nitrogen and oxygen atoms in total. The van der Waals surface area contributed by atoms with Crippen LogP contribution in [0.25, 0.3) is 10.9 Å². The molecule has 0 aliphatic heterocycles. The molecule has 0 radical (unpaired) electrons. The quantitative estimate of drug-likeness (QED) is 0.833. The molecule has 1 N–H and O–H groups in total. The maximum atomic E-state index is 12.6. The largest absolute Gasteiger partial charge is 0.255 e. The fourth-order valence-corrected chi connectivity index (χ4v) is 5.01. The molecule has 0 bridgehead atoms. The molecule has 22 heavy (non-hydrogen) atoms. The van der Waals surface area contributed by atoms with E-state index in [4.69, 9.17) is 11.6 Å². The summed E-state index contributed by atoms with van der Waals surface area (Å²) in [5.41, 5.74) is 0.663. The highest BCUT2D eigenvalue weighted by Gasteiger charge is 2.25. The van der Waals surface area contributed by atoms with Crippen molar-refractivity contribution in [3.05, 3.63) is 33.9 Å². The van der Waals surface area contributed by atoms with Gasteiger partial charge in [0.25, 0.3) is 0 Å². The van der Waals surface area contributed by atoms with Gasteiger partial charge in [0.2, 0.25) is 10.0 Å². The summed E-state index contributed by atoms with van der Waals surface area (Å²) >= 11 is 9.69. The third-order valence-corrected chi connectivity index (χ3v) is 6.49. The van der Waals surface area contributed by atoms with Gasteiger partial charge in [-0.05, 0) is 25.0 Å². The lowest BCUT2D eigenvalue weighted by atomic mass is 9.96. The number of hydrogen-bond donors (Lipinski definition) is 1. The molecule has 0 saturated heterocycles. The lowest BCUT2D eigenvalue weighted by Gasteiger charge is -2.22. The summed E-state index contributed by atoms with van der Waals surface area (Å²) < 4.78 is 28.8. The van der Waals surface area contributed by atoms with Gasteiger partial charge in [-0.1, -0.05) is 52.9 Å². The number of sulfonamides is 1. The van der Waals surface area contributed by atoms with Gasteiger partial charge in [0.1, 0.15) is 4.90 Å². The first-order chi connectivity index (χ1) is 10.5. The van der Waals surface area contributed by atoms with Crippen molar-refractivity contribution in [2.45, 2.75) is 43.0 Å². The van der Waals surface area contributed by atoms with E-state index in [1.54, 1.807) is 6.07 Å². The second-order valence-corrected chi connectivity index (χ2v) is 8.53. The molecule has 0 amide bonds. The van der Waals surface area contributed by atoms with Gasteiger partial charge in [-0.25, -0.2) is 13.1 Å². The predicted octanol–water partition coefficient (Wildman–Crippen LogP) is 4.26. The van der Waals surface area contributed by atoms with Crippen molar-refractivity contribution in [2.24, 2.45) is 0 Å². The van der Waals surface area contributed by atoms with Gasteiger partial charge in [-0.15, -0.1) is 0 Å². The summed E-state index contributed by atoms with van der Waals surface area (Å²) in [6.07, 6.45) is 6.39. The fraction of sp³-hybridized carbons (Fsp3) is 0.400. The van der Waals surface area contributed by atoms with Crippen LogP contribution in [0.1, 0.15) is 32.1 Å². The third-order valence-electron chi connectivity index (χ3n) is 3.95. The Morgan fingerprint density at radius 1 is 1.23 bits per heavy atom. The molecular weight excluding hydrogens is 388 g/mol. The maximum Gasteiger partial charge on any atom is 0.243 e. The van der Waals surface area contributed by atoms with E-state index in [2.05, 4.69) is 25.6 Å². The van der Waals surface area contributed by atoms with Crippen LogP contribution in [-0.2, 0) is 10.0 Å². The van der Waals surface area contributed by atoms with E-state index in [0.717, 1.165) is 30.2 Å². The Kier molecular flexibility index (Phi) is 4.73. The smallest absolute Gasteiger partial charge is 0.243 e. The van der Waals surface area contributed by atoms with Crippen LogP contribution in [0.3, 0.4) is 0 Å². The summed E-state index contributed by atoms with van der Waals surface area (Å²) in [5, 5.41) is 0.859. The molecule has 1 aromatic carbocycles. The standard InChI is InChI=1S/C15H16BrClN2O2S/c16-10-6-7-12-13(8-10)18-9-14(15(12)17)22(20,21)19-11-4-2-1-3-5-11/h6-9,11,19H,1-5H2. The molecule has 0 spiro atoms. The van der Waals surface area contributed by atoms with Crippen LogP contribution in [0.5, 0.6) is 0 Å². The summed E-state index contributed by atoms with van der Waals surface area (Å²) in [6.45, 7) is 0. The van der Waals surface area contributed by atoms with E-state index in [9.17, 15) is 8.42 Å². The number of aromatic nitrogens is 1. The molecule has 1 aliphatic carbocycles. The van der Waals surface area contributed by atoms with E-state index < -0.39 is 10.0 Å². The first-order valence-electron chi connectivity index (χ1n) is 7.23. The summed E-state index contributed by atoms with van der Waals surface area (Å²) in [4.78, 5) is 4.28. The van der Waals surface area contributed by atoms with Crippen molar-refractivity contribution in [2.75, 3.05) is 0 Å². The zero-order chi connectivity index (χ0) is 15.7. The van der Waals surface area contributed by atoms with Crippen molar-refractivity contribution in [3.8, 4) is 0 Å². The first kappa shape index (κ1) is 16.2. The number of pyridine rings is 1. The Balaban J connectivity index is 1.97. The number of hydrogen-bond acceptors (Lipinski definition) is 3. The van der Waals surface area contributed by atoms with Crippen LogP contribution in [0.4, 0.5) is 0 Å². The van der Waals surface area contributed by atoms with Crippen molar-refractivity contribution in [3.63, 3.8) is 0 Å². The van der Waals surface area contributed by atoms with E-state index in [1.165, 1.54) is 12.6 Å². The number of benzene rings is 1. The Morgan fingerprint density at radius 3 is 2.68 bits per heavy atom. The molecule has 118 valence electrons. The highest BCUT2D eigenvalue weighted by Crippen LogP contribution is 2.31. The highest BCUT2D eigenvalue weighted by molar-refractivity contribution is 9.10. The average Bonchev–Trinajstić information content (AvgIpc) is 2.47. The predicted molar refractivity (Wildman–Crippen MR) is 91.6 cm³/mol. The third kappa shape index (κ3) is 3.30. The Labute approximate surface area is 143 Å². The minimum absolute atomic E-state index is 0.00423. The normalized spacial score (nSPS) is 17.0. The molecular formula is C15H16BrClN2O2S. The van der Waals surface area contributed by atoms with Crippen molar-refractivity contribution < 1.29 is 8.42 Å². The van der Waals surface area contributed by atoms with Crippen molar-refractivity contribution in [1.82, 2.24) is 9.71 Å². The topological polar surface area (TPSA) is 59.1 Å². The van der Waals surface area contributed by atoms with E-state index in [-0.39, 0.29) is 16.0 Å². The van der Waals surface area contributed by atoms with Crippen LogP contribution in [0, 0.1) is 0 Å². The Bertz CT molecular complexity index is 805. The van der Waals surface area contributed by atoms with E-state index >= 15 is 0 Å². The van der Waals surface area contributed by atoms with Crippen LogP contribution in [0.2, 0.25) is 5.02 Å². The number of nitrogens with zero attached hydrogens (tertiary/aromatic N) is 1. The molecule has 1 aliphatic rings. The molecule has 1 aromatic heterocycles. The number of rotatable bonds is 3. The van der Waals surface area contributed by atoms with Crippen molar-refractivity contribution in [1.29, 1.82) is 0 Å². The summed E-state index contributed by atoms with van der Waals surface area (Å²) in [6, 6.07) is 5.40. The highest BCUT2D eigenvalue weighted by atomic mass is 79.9. The molecule has 1 fully saturated rings. The summed E-state index contributed by atoms with van der Waals surface area (Å²) in [7, 11) is -3.65. The van der Waals surface area contributed by atoms with Gasteiger partial charge >= 0.3 is 0 Å². The fourth-order valence-electron chi connectivity index (χ4n) is 2.81. The van der Waals surface area contributed by atoms with Crippen LogP contribution in [0.15, 0.2) is 33.8 Å². The number of fused-ring (bicyclic) bond motifs is 1. The first-order valence-corrected chi connectivity index (χ1v) is 9.89. The monoisotopic (exact) mass is 402 g/mol. The van der Waals surface area contributed by atoms with Gasteiger partial charge in [-0.2, -0.15) is 0 Å². The van der Waals surface area contributed by atoms with Crippen LogP contribution >= 0.6 is 27.5 Å². The van der Waals surface area contributed by atoms with Crippen LogP contribution < -0.4 is 4.72 Å².